The van der Waals surface area contributed by atoms with Gasteiger partial charge >= 0.3 is 0 Å². The molecule has 1 N–H and O–H groups in total. The van der Waals surface area contributed by atoms with Gasteiger partial charge in [0.2, 0.25) is 5.91 Å². The number of carbonyl (C=O) groups is 1. The highest BCUT2D eigenvalue weighted by atomic mass is 35.5. The fourth-order valence-corrected chi connectivity index (χ4v) is 4.44. The van der Waals surface area contributed by atoms with Crippen molar-refractivity contribution in [1.82, 2.24) is 4.98 Å². The molecule has 9 heteroatoms. The number of nitrogens with one attached hydrogen (secondary N) is 1. The maximum absolute atomic E-state index is 14.1. The number of ether oxygens (including phenoxy) is 2. The van der Waals surface area contributed by atoms with Crippen LogP contribution in [-0.2, 0) is 16.0 Å². The third kappa shape index (κ3) is 4.19. The second-order valence-corrected chi connectivity index (χ2v) is 8.41. The minimum absolute atomic E-state index is 0.186. The molecule has 1 aromatic carbocycles. The number of nitrogens with zero attached hydrogens (tertiary/aromatic N) is 2. The van der Waals surface area contributed by atoms with Crippen LogP contribution >= 0.6 is 23.2 Å². The number of anilines is 2. The van der Waals surface area contributed by atoms with Crippen LogP contribution in [0.3, 0.4) is 0 Å². The van der Waals surface area contributed by atoms with E-state index in [2.05, 4.69) is 15.2 Å². The molecular weight excluding hydrogens is 432 g/mol. The molecule has 30 heavy (non-hydrogen) atoms. The Hall–Kier alpha value is -2.09. The maximum atomic E-state index is 14.1. The largest absolute Gasteiger partial charge is 0.490 e. The van der Waals surface area contributed by atoms with E-state index in [4.69, 9.17) is 32.7 Å². The van der Waals surface area contributed by atoms with E-state index in [1.807, 2.05) is 0 Å². The van der Waals surface area contributed by atoms with Crippen LogP contribution in [0.2, 0.25) is 10.0 Å². The smallest absolute Gasteiger partial charge is 0.224 e. The second-order valence-electron chi connectivity index (χ2n) is 7.57. The van der Waals surface area contributed by atoms with Crippen LogP contribution in [-0.4, -0.2) is 43.3 Å². The minimum Gasteiger partial charge on any atom is -0.490 e. The molecule has 2 aromatic rings. The lowest BCUT2D eigenvalue weighted by Gasteiger charge is -2.41. The molecule has 3 heterocycles. The monoisotopic (exact) mass is 453 g/mol. The summed E-state index contributed by atoms with van der Waals surface area (Å²) in [5.41, 5.74) is 0.429. The van der Waals surface area contributed by atoms with Gasteiger partial charge in [0.1, 0.15) is 29.6 Å². The van der Waals surface area contributed by atoms with Crippen LogP contribution in [0, 0.1) is 5.82 Å². The number of amides is 1. The Morgan fingerprint density at radius 1 is 1.27 bits per heavy atom. The van der Waals surface area contributed by atoms with Crippen molar-refractivity contribution >= 4 is 40.6 Å². The Bertz CT molecular complexity index is 965. The summed E-state index contributed by atoms with van der Waals surface area (Å²) in [6.07, 6.45) is 3.77. The molecule has 0 aliphatic carbocycles. The van der Waals surface area contributed by atoms with E-state index in [1.54, 1.807) is 25.4 Å². The first-order chi connectivity index (χ1) is 14.4. The molecule has 1 saturated heterocycles. The van der Waals surface area contributed by atoms with Gasteiger partial charge < -0.3 is 19.7 Å². The highest BCUT2D eigenvalue weighted by molar-refractivity contribution is 6.36. The van der Waals surface area contributed by atoms with Gasteiger partial charge in [-0.25, -0.2) is 9.37 Å². The van der Waals surface area contributed by atoms with Gasteiger partial charge in [-0.15, -0.1) is 0 Å². The normalized spacial score (nSPS) is 18.0. The number of piperidine rings is 1. The number of methoxy groups -OCH3 is 1. The Morgan fingerprint density at radius 3 is 2.73 bits per heavy atom. The average Bonchev–Trinajstić information content (AvgIpc) is 2.74. The fourth-order valence-electron chi connectivity index (χ4n) is 3.94. The van der Waals surface area contributed by atoms with Crippen molar-refractivity contribution in [2.75, 3.05) is 37.0 Å². The Morgan fingerprint density at radius 2 is 2.03 bits per heavy atom. The van der Waals surface area contributed by atoms with Crippen molar-refractivity contribution in [3.05, 3.63) is 45.8 Å². The molecule has 0 unspecified atom stereocenters. The van der Waals surface area contributed by atoms with E-state index >= 15 is 0 Å². The summed E-state index contributed by atoms with van der Waals surface area (Å²) in [6.45, 7) is 1.72. The molecule has 6 nitrogen and oxygen atoms in total. The molecule has 1 fully saturated rings. The zero-order valence-electron chi connectivity index (χ0n) is 16.5. The Balaban J connectivity index is 1.45. The van der Waals surface area contributed by atoms with E-state index in [-0.39, 0.29) is 11.6 Å². The standard InChI is InChI=1S/C21H22Cl2FN3O3/c1-29-21(6-8-27(9-7-21)20-15(23)10-13(22)11-25-20)12-30-17-4-3-16(24)19-14(17)2-5-18(28)26-19/h3-4,10-11H,2,5-9,12H2,1H3,(H,26,28). The van der Waals surface area contributed by atoms with Crippen LogP contribution < -0.4 is 15.0 Å². The quantitative estimate of drug-likeness (QED) is 0.722. The van der Waals surface area contributed by atoms with Crippen LogP contribution in [0.15, 0.2) is 24.4 Å². The molecule has 2 aliphatic heterocycles. The molecule has 0 saturated carbocycles. The summed E-state index contributed by atoms with van der Waals surface area (Å²) in [4.78, 5) is 18.1. The lowest BCUT2D eigenvalue weighted by atomic mass is 9.91. The fraction of sp³-hybridized carbons (Fsp3) is 0.429. The lowest BCUT2D eigenvalue weighted by Crippen LogP contribution is -2.49. The van der Waals surface area contributed by atoms with Gasteiger partial charge in [-0.2, -0.15) is 0 Å². The van der Waals surface area contributed by atoms with Gasteiger partial charge in [-0.3, -0.25) is 4.79 Å². The first-order valence-corrected chi connectivity index (χ1v) is 10.5. The van der Waals surface area contributed by atoms with Gasteiger partial charge in [-0.05, 0) is 37.5 Å². The van der Waals surface area contributed by atoms with Gasteiger partial charge in [0.15, 0.2) is 0 Å². The number of rotatable bonds is 5. The summed E-state index contributed by atoms with van der Waals surface area (Å²) >= 11 is 12.2. The molecule has 0 atom stereocenters. The van der Waals surface area contributed by atoms with Crippen LogP contribution in [0.25, 0.3) is 0 Å². The molecular formula is C21H22Cl2FN3O3. The van der Waals surface area contributed by atoms with Crippen molar-refractivity contribution < 1.29 is 18.7 Å². The maximum Gasteiger partial charge on any atom is 0.224 e. The molecule has 1 amide bonds. The first-order valence-electron chi connectivity index (χ1n) is 9.76. The first kappa shape index (κ1) is 21.2. The third-order valence-corrected chi connectivity index (χ3v) is 6.26. The van der Waals surface area contributed by atoms with Crippen LogP contribution in [0.5, 0.6) is 5.75 Å². The Labute approximate surface area is 184 Å². The van der Waals surface area contributed by atoms with E-state index in [0.717, 1.165) is 0 Å². The predicted octanol–water partition coefficient (Wildman–Crippen LogP) is 4.48. The van der Waals surface area contributed by atoms with Crippen LogP contribution in [0.4, 0.5) is 15.9 Å². The second kappa shape index (κ2) is 8.57. The van der Waals surface area contributed by atoms with E-state index in [0.29, 0.717) is 72.6 Å². The van der Waals surface area contributed by atoms with Crippen molar-refractivity contribution in [2.24, 2.45) is 0 Å². The molecule has 160 valence electrons. The minimum atomic E-state index is -0.478. The number of hydrogen-bond donors (Lipinski definition) is 1. The third-order valence-electron chi connectivity index (χ3n) is 5.77. The van der Waals surface area contributed by atoms with Gasteiger partial charge in [-0.1, -0.05) is 23.2 Å². The average molecular weight is 454 g/mol. The molecule has 0 bridgehead atoms. The number of fused-ring (bicyclic) bond motifs is 1. The topological polar surface area (TPSA) is 63.7 Å². The van der Waals surface area contributed by atoms with Crippen molar-refractivity contribution in [3.63, 3.8) is 0 Å². The van der Waals surface area contributed by atoms with Crippen molar-refractivity contribution in [2.45, 2.75) is 31.3 Å². The SMILES string of the molecule is COC1(COc2ccc(F)c3c2CCC(=O)N3)CCN(c2ncc(Cl)cc2Cl)CC1. The zero-order chi connectivity index (χ0) is 21.3. The number of pyridine rings is 1. The molecule has 1 aromatic heterocycles. The summed E-state index contributed by atoms with van der Waals surface area (Å²) in [5, 5.41) is 3.62. The molecule has 4 rings (SSSR count). The summed E-state index contributed by atoms with van der Waals surface area (Å²) in [5.74, 6) is 0.643. The Kier molecular flexibility index (Phi) is 6.04. The number of benzene rings is 1. The molecule has 2 aliphatic rings. The van der Waals surface area contributed by atoms with E-state index < -0.39 is 11.4 Å². The van der Waals surface area contributed by atoms with Gasteiger partial charge in [0.05, 0.1) is 15.7 Å². The van der Waals surface area contributed by atoms with Gasteiger partial charge in [0, 0.05) is 38.4 Å². The highest BCUT2D eigenvalue weighted by Crippen LogP contribution is 2.36. The number of hydrogen-bond acceptors (Lipinski definition) is 5. The number of aromatic nitrogens is 1. The summed E-state index contributed by atoms with van der Waals surface area (Å²) in [6, 6.07) is 4.61. The van der Waals surface area contributed by atoms with E-state index in [1.165, 1.54) is 6.07 Å². The zero-order valence-corrected chi connectivity index (χ0v) is 18.0. The van der Waals surface area contributed by atoms with Crippen molar-refractivity contribution in [3.8, 4) is 5.75 Å². The molecule has 0 spiro atoms. The predicted molar refractivity (Wildman–Crippen MR) is 114 cm³/mol. The molecule has 0 radical (unpaired) electrons. The number of halogens is 3. The highest BCUT2D eigenvalue weighted by Gasteiger charge is 2.37. The summed E-state index contributed by atoms with van der Waals surface area (Å²) < 4.78 is 26.0. The lowest BCUT2D eigenvalue weighted by molar-refractivity contribution is -0.116. The van der Waals surface area contributed by atoms with Crippen molar-refractivity contribution in [1.29, 1.82) is 0 Å². The van der Waals surface area contributed by atoms with E-state index in [9.17, 15) is 9.18 Å². The van der Waals surface area contributed by atoms with Crippen LogP contribution in [0.1, 0.15) is 24.8 Å². The van der Waals surface area contributed by atoms with Gasteiger partial charge in [0.25, 0.3) is 0 Å². The summed E-state index contributed by atoms with van der Waals surface area (Å²) in [7, 11) is 1.67. The number of carbonyl (C=O) groups excluding carboxylic acids is 1.